The van der Waals surface area contributed by atoms with Crippen molar-refractivity contribution in [1.29, 1.82) is 0 Å². The molecule has 0 unspecified atom stereocenters. The van der Waals surface area contributed by atoms with E-state index in [1.165, 1.54) is 0 Å². The Labute approximate surface area is 81.5 Å². The lowest BCUT2D eigenvalue weighted by molar-refractivity contribution is -0.276. The molecular formula is C7H3ClF3NO2. The summed E-state index contributed by atoms with van der Waals surface area (Å²) in [5, 5.41) is -0.795. The number of alkyl halides is 3. The standard InChI is InChI=1S/C7H3ClF3NO2/c8-6(13)4-1-2-5(12-3-4)14-7(9,10)11/h1-3H. The number of rotatable bonds is 2. The van der Waals surface area contributed by atoms with Crippen molar-refractivity contribution in [2.75, 3.05) is 0 Å². The molecule has 0 bridgehead atoms. The molecular weight excluding hydrogens is 223 g/mol. The number of carbonyl (C=O) groups is 1. The summed E-state index contributed by atoms with van der Waals surface area (Å²) in [4.78, 5) is 13.7. The molecule has 1 aromatic heterocycles. The van der Waals surface area contributed by atoms with E-state index < -0.39 is 17.5 Å². The Morgan fingerprint density at radius 2 is 2.07 bits per heavy atom. The molecule has 0 saturated heterocycles. The van der Waals surface area contributed by atoms with Crippen molar-refractivity contribution in [3.63, 3.8) is 0 Å². The zero-order valence-electron chi connectivity index (χ0n) is 6.51. The lowest BCUT2D eigenvalue weighted by Gasteiger charge is -2.06. The highest BCUT2D eigenvalue weighted by molar-refractivity contribution is 6.67. The summed E-state index contributed by atoms with van der Waals surface area (Å²) >= 11 is 5.05. The number of pyridine rings is 1. The van der Waals surface area contributed by atoms with E-state index in [-0.39, 0.29) is 5.56 Å². The predicted octanol–water partition coefficient (Wildman–Crippen LogP) is 2.36. The molecule has 3 nitrogen and oxygen atoms in total. The second kappa shape index (κ2) is 3.83. The number of carbonyl (C=O) groups excluding carboxylic acids is 1. The van der Waals surface area contributed by atoms with E-state index in [1.807, 2.05) is 0 Å². The van der Waals surface area contributed by atoms with Gasteiger partial charge >= 0.3 is 6.36 Å². The smallest absolute Gasteiger partial charge is 0.388 e. The average Bonchev–Trinajstić information content (AvgIpc) is 2.02. The van der Waals surface area contributed by atoms with E-state index in [0.29, 0.717) is 0 Å². The maximum atomic E-state index is 11.6. The Morgan fingerprint density at radius 1 is 1.43 bits per heavy atom. The van der Waals surface area contributed by atoms with Crippen molar-refractivity contribution in [2.24, 2.45) is 0 Å². The molecule has 0 aromatic carbocycles. The molecule has 0 radical (unpaired) electrons. The van der Waals surface area contributed by atoms with Gasteiger partial charge in [0.2, 0.25) is 5.88 Å². The Morgan fingerprint density at radius 3 is 2.43 bits per heavy atom. The minimum atomic E-state index is -4.79. The highest BCUT2D eigenvalue weighted by atomic mass is 35.5. The molecule has 0 aliphatic rings. The van der Waals surface area contributed by atoms with Gasteiger partial charge in [-0.05, 0) is 17.7 Å². The molecule has 7 heteroatoms. The Kier molecular flexibility index (Phi) is 2.95. The first-order valence-corrected chi connectivity index (χ1v) is 3.68. The van der Waals surface area contributed by atoms with Crippen molar-refractivity contribution in [1.82, 2.24) is 4.98 Å². The first-order chi connectivity index (χ1) is 6.38. The van der Waals surface area contributed by atoms with Crippen LogP contribution in [0.15, 0.2) is 18.3 Å². The largest absolute Gasteiger partial charge is 0.574 e. The highest BCUT2D eigenvalue weighted by Gasteiger charge is 2.31. The molecule has 0 saturated carbocycles. The third-order valence-corrected chi connectivity index (χ3v) is 1.40. The monoisotopic (exact) mass is 225 g/mol. The minimum absolute atomic E-state index is 0.00110. The third kappa shape index (κ3) is 3.21. The zero-order valence-corrected chi connectivity index (χ0v) is 7.26. The van der Waals surface area contributed by atoms with Crippen molar-refractivity contribution in [3.8, 4) is 5.88 Å². The van der Waals surface area contributed by atoms with Gasteiger partial charge in [-0.2, -0.15) is 0 Å². The van der Waals surface area contributed by atoms with Crippen molar-refractivity contribution in [2.45, 2.75) is 6.36 Å². The molecule has 0 atom stereocenters. The van der Waals surface area contributed by atoms with Gasteiger partial charge in [-0.3, -0.25) is 4.79 Å². The molecule has 0 aliphatic heterocycles. The molecule has 76 valence electrons. The van der Waals surface area contributed by atoms with Gasteiger partial charge in [0.15, 0.2) is 0 Å². The maximum absolute atomic E-state index is 11.6. The van der Waals surface area contributed by atoms with Gasteiger partial charge in [0.1, 0.15) is 0 Å². The van der Waals surface area contributed by atoms with Gasteiger partial charge in [-0.1, -0.05) is 0 Å². The fourth-order valence-electron chi connectivity index (χ4n) is 0.676. The van der Waals surface area contributed by atoms with E-state index >= 15 is 0 Å². The van der Waals surface area contributed by atoms with Gasteiger partial charge in [0, 0.05) is 12.3 Å². The number of hydrogen-bond acceptors (Lipinski definition) is 3. The molecule has 0 N–H and O–H groups in total. The van der Waals surface area contributed by atoms with Crippen molar-refractivity contribution in [3.05, 3.63) is 23.9 Å². The van der Waals surface area contributed by atoms with E-state index in [4.69, 9.17) is 11.6 Å². The van der Waals surface area contributed by atoms with E-state index in [2.05, 4.69) is 9.72 Å². The quantitative estimate of drug-likeness (QED) is 0.726. The van der Waals surface area contributed by atoms with Crippen LogP contribution < -0.4 is 4.74 Å². The number of hydrogen-bond donors (Lipinski definition) is 0. The number of halogens is 4. The summed E-state index contributed by atoms with van der Waals surface area (Å²) < 4.78 is 38.4. The topological polar surface area (TPSA) is 39.2 Å². The van der Waals surface area contributed by atoms with E-state index in [0.717, 1.165) is 18.3 Å². The molecule has 1 aromatic rings. The summed E-state index contributed by atoms with van der Waals surface area (Å²) in [6.07, 6.45) is -3.89. The maximum Gasteiger partial charge on any atom is 0.574 e. The summed E-state index contributed by atoms with van der Waals surface area (Å²) in [6, 6.07) is 1.99. The summed E-state index contributed by atoms with van der Waals surface area (Å²) in [6.45, 7) is 0. The third-order valence-electron chi connectivity index (χ3n) is 1.18. The van der Waals surface area contributed by atoms with Crippen molar-refractivity contribution >= 4 is 16.8 Å². The average molecular weight is 226 g/mol. The fraction of sp³-hybridized carbons (Fsp3) is 0.143. The molecule has 0 aliphatic carbocycles. The van der Waals surface area contributed by atoms with Crippen LogP contribution in [0.5, 0.6) is 5.88 Å². The molecule has 0 spiro atoms. The number of ether oxygens (including phenoxy) is 1. The Hall–Kier alpha value is -1.30. The molecule has 1 rings (SSSR count). The van der Waals surface area contributed by atoms with Crippen LogP contribution in [0.1, 0.15) is 10.4 Å². The first-order valence-electron chi connectivity index (χ1n) is 3.30. The Bertz CT molecular complexity index is 336. The fourth-order valence-corrected chi connectivity index (χ4v) is 0.787. The van der Waals surface area contributed by atoms with E-state index in [1.54, 1.807) is 0 Å². The predicted molar refractivity (Wildman–Crippen MR) is 41.1 cm³/mol. The van der Waals surface area contributed by atoms with Gasteiger partial charge in [-0.25, -0.2) is 4.98 Å². The van der Waals surface area contributed by atoms with Crippen LogP contribution in [0.4, 0.5) is 13.2 Å². The second-order valence-corrected chi connectivity index (χ2v) is 2.55. The van der Waals surface area contributed by atoms with Crippen LogP contribution in [-0.2, 0) is 0 Å². The van der Waals surface area contributed by atoms with Crippen LogP contribution >= 0.6 is 11.6 Å². The number of aromatic nitrogens is 1. The van der Waals surface area contributed by atoms with Crippen LogP contribution in [0.3, 0.4) is 0 Å². The first kappa shape index (κ1) is 10.8. The van der Waals surface area contributed by atoms with Crippen LogP contribution in [-0.4, -0.2) is 16.6 Å². The van der Waals surface area contributed by atoms with Gasteiger partial charge in [0.25, 0.3) is 5.24 Å². The normalized spacial score (nSPS) is 11.1. The summed E-state index contributed by atoms with van der Waals surface area (Å²) in [7, 11) is 0. The van der Waals surface area contributed by atoms with Crippen LogP contribution in [0, 0.1) is 0 Å². The molecule has 0 fully saturated rings. The molecule has 14 heavy (non-hydrogen) atoms. The molecule has 1 heterocycles. The SMILES string of the molecule is O=C(Cl)c1ccc(OC(F)(F)F)nc1. The van der Waals surface area contributed by atoms with Gasteiger partial charge in [0.05, 0.1) is 5.56 Å². The second-order valence-electron chi connectivity index (χ2n) is 2.21. The lowest BCUT2D eigenvalue weighted by atomic mass is 10.3. The zero-order chi connectivity index (χ0) is 10.8. The van der Waals surface area contributed by atoms with Crippen molar-refractivity contribution < 1.29 is 22.7 Å². The summed E-state index contributed by atoms with van der Waals surface area (Å²) in [5.74, 6) is -0.640. The summed E-state index contributed by atoms with van der Waals surface area (Å²) in [5.41, 5.74) is 0.00110. The Balaban J connectivity index is 2.79. The van der Waals surface area contributed by atoms with Gasteiger partial charge < -0.3 is 4.74 Å². The van der Waals surface area contributed by atoms with Gasteiger partial charge in [-0.15, -0.1) is 13.2 Å². The molecule has 0 amide bonds. The van der Waals surface area contributed by atoms with Crippen LogP contribution in [0.2, 0.25) is 0 Å². The number of nitrogens with zero attached hydrogens (tertiary/aromatic N) is 1. The van der Waals surface area contributed by atoms with Crippen LogP contribution in [0.25, 0.3) is 0 Å². The minimum Gasteiger partial charge on any atom is -0.388 e. The highest BCUT2D eigenvalue weighted by Crippen LogP contribution is 2.20. The van der Waals surface area contributed by atoms with E-state index in [9.17, 15) is 18.0 Å². The lowest BCUT2D eigenvalue weighted by Crippen LogP contribution is -2.17.